The highest BCUT2D eigenvalue weighted by Crippen LogP contribution is 2.34. The molecule has 0 aliphatic carbocycles. The van der Waals surface area contributed by atoms with E-state index in [2.05, 4.69) is 4.98 Å². The summed E-state index contributed by atoms with van der Waals surface area (Å²) in [6.45, 7) is 3.00. The van der Waals surface area contributed by atoms with Gasteiger partial charge in [0.15, 0.2) is 0 Å². The minimum Gasteiger partial charge on any atom is -0.481 e. The second-order valence-electron chi connectivity index (χ2n) is 7.30. The fraction of sp³-hybridized carbons (Fsp3) is 0.273. The van der Waals surface area contributed by atoms with Crippen LogP contribution in [0, 0.1) is 24.5 Å². The van der Waals surface area contributed by atoms with E-state index in [1.165, 1.54) is 18.2 Å². The molecule has 5 nitrogen and oxygen atoms in total. The second-order valence-corrected chi connectivity index (χ2v) is 7.30. The molecule has 1 aliphatic rings. The van der Waals surface area contributed by atoms with Crippen LogP contribution >= 0.6 is 0 Å². The number of oxazole rings is 1. The standard InChI is InChI=1S/C22H20F2N2O3/c1-13-20(25-21(29-13)16-4-2-3-5-19(16)24)12-26-10-17(18(11-26)22(27)28)14-6-8-15(23)9-7-14/h2-9,17-18H,10-12H2,1H3,(H,27,28)/t17-,18+/m0/s1. The highest BCUT2D eigenvalue weighted by molar-refractivity contribution is 5.72. The van der Waals surface area contributed by atoms with Gasteiger partial charge in [-0.2, -0.15) is 0 Å². The molecule has 2 aromatic carbocycles. The molecule has 3 aromatic rings. The lowest BCUT2D eigenvalue weighted by molar-refractivity contribution is -0.141. The summed E-state index contributed by atoms with van der Waals surface area (Å²) < 4.78 is 32.9. The first-order chi connectivity index (χ1) is 13.9. The number of hydrogen-bond donors (Lipinski definition) is 1. The zero-order valence-electron chi connectivity index (χ0n) is 15.8. The lowest BCUT2D eigenvalue weighted by atomic mass is 9.89. The molecule has 1 aliphatic heterocycles. The molecule has 0 radical (unpaired) electrons. The molecule has 2 atom stereocenters. The smallest absolute Gasteiger partial charge is 0.308 e. The van der Waals surface area contributed by atoms with Crippen molar-refractivity contribution in [1.82, 2.24) is 9.88 Å². The van der Waals surface area contributed by atoms with Gasteiger partial charge in [-0.05, 0) is 36.8 Å². The highest BCUT2D eigenvalue weighted by Gasteiger charge is 2.39. The maximum Gasteiger partial charge on any atom is 0.308 e. The van der Waals surface area contributed by atoms with Gasteiger partial charge in [0, 0.05) is 25.6 Å². The number of carboxylic acid groups (broad SMARTS) is 1. The Hall–Kier alpha value is -3.06. The van der Waals surface area contributed by atoms with E-state index in [9.17, 15) is 18.7 Å². The first-order valence-electron chi connectivity index (χ1n) is 9.34. The van der Waals surface area contributed by atoms with Crippen molar-refractivity contribution < 1.29 is 23.1 Å². The third-order valence-electron chi connectivity index (χ3n) is 5.38. The van der Waals surface area contributed by atoms with Crippen LogP contribution in [0.15, 0.2) is 52.9 Å². The first-order valence-corrected chi connectivity index (χ1v) is 9.34. The van der Waals surface area contributed by atoms with Crippen molar-refractivity contribution in [3.63, 3.8) is 0 Å². The van der Waals surface area contributed by atoms with Crippen molar-refractivity contribution in [3.8, 4) is 11.5 Å². The van der Waals surface area contributed by atoms with Crippen LogP contribution in [0.2, 0.25) is 0 Å². The molecular formula is C22H20F2N2O3. The second kappa shape index (κ2) is 7.75. The Morgan fingerprint density at radius 1 is 1.17 bits per heavy atom. The number of rotatable bonds is 5. The Kier molecular flexibility index (Phi) is 5.15. The molecule has 1 N–H and O–H groups in total. The number of halogens is 2. The topological polar surface area (TPSA) is 66.6 Å². The molecule has 0 unspecified atom stereocenters. The Labute approximate surface area is 166 Å². The van der Waals surface area contributed by atoms with E-state index < -0.39 is 17.7 Å². The van der Waals surface area contributed by atoms with Crippen molar-refractivity contribution >= 4 is 5.97 Å². The van der Waals surface area contributed by atoms with Gasteiger partial charge in [0.05, 0.1) is 17.2 Å². The van der Waals surface area contributed by atoms with E-state index in [-0.39, 0.29) is 23.2 Å². The Morgan fingerprint density at radius 2 is 1.90 bits per heavy atom. The zero-order valence-corrected chi connectivity index (χ0v) is 15.8. The van der Waals surface area contributed by atoms with E-state index in [1.54, 1.807) is 37.3 Å². The van der Waals surface area contributed by atoms with E-state index in [4.69, 9.17) is 4.42 Å². The fourth-order valence-corrected chi connectivity index (χ4v) is 3.85. The van der Waals surface area contributed by atoms with Gasteiger partial charge in [-0.15, -0.1) is 0 Å². The van der Waals surface area contributed by atoms with Crippen LogP contribution < -0.4 is 0 Å². The Bertz CT molecular complexity index is 1030. The number of nitrogens with zero attached hydrogens (tertiary/aromatic N) is 2. The lowest BCUT2D eigenvalue weighted by Crippen LogP contribution is -2.23. The number of likely N-dealkylation sites (tertiary alicyclic amines) is 1. The SMILES string of the molecule is Cc1oc(-c2ccccc2F)nc1CN1C[C@@H](C(=O)O)[C@H](c2ccc(F)cc2)C1. The van der Waals surface area contributed by atoms with Crippen LogP contribution in [0.3, 0.4) is 0 Å². The van der Waals surface area contributed by atoms with Crippen LogP contribution in [-0.4, -0.2) is 34.0 Å². The minimum atomic E-state index is -0.884. The number of carbonyl (C=O) groups is 1. The van der Waals surface area contributed by atoms with Crippen LogP contribution in [0.5, 0.6) is 0 Å². The molecule has 150 valence electrons. The van der Waals surface area contributed by atoms with Gasteiger partial charge in [0.2, 0.25) is 5.89 Å². The summed E-state index contributed by atoms with van der Waals surface area (Å²) in [5.74, 6) is -1.71. The Morgan fingerprint density at radius 3 is 2.59 bits per heavy atom. The van der Waals surface area contributed by atoms with Crippen LogP contribution in [0.25, 0.3) is 11.5 Å². The number of aryl methyl sites for hydroxylation is 1. The third-order valence-corrected chi connectivity index (χ3v) is 5.38. The average Bonchev–Trinajstić information content (AvgIpc) is 3.27. The van der Waals surface area contributed by atoms with E-state index >= 15 is 0 Å². The number of aromatic nitrogens is 1. The summed E-state index contributed by atoms with van der Waals surface area (Å²) in [7, 11) is 0. The summed E-state index contributed by atoms with van der Waals surface area (Å²) in [6.07, 6.45) is 0. The summed E-state index contributed by atoms with van der Waals surface area (Å²) in [5, 5.41) is 9.64. The molecule has 0 spiro atoms. The van der Waals surface area contributed by atoms with E-state index in [0.717, 1.165) is 5.56 Å². The maximum absolute atomic E-state index is 14.0. The molecule has 2 heterocycles. The summed E-state index contributed by atoms with van der Waals surface area (Å²) in [4.78, 5) is 18.2. The number of carboxylic acids is 1. The Balaban J connectivity index is 1.55. The molecule has 7 heteroatoms. The van der Waals surface area contributed by atoms with Gasteiger partial charge in [0.25, 0.3) is 0 Å². The maximum atomic E-state index is 14.0. The normalized spacial score (nSPS) is 19.6. The van der Waals surface area contributed by atoms with Gasteiger partial charge in [0.1, 0.15) is 17.4 Å². The fourth-order valence-electron chi connectivity index (χ4n) is 3.85. The van der Waals surface area contributed by atoms with Gasteiger partial charge < -0.3 is 9.52 Å². The predicted molar refractivity (Wildman–Crippen MR) is 102 cm³/mol. The molecule has 4 rings (SSSR count). The largest absolute Gasteiger partial charge is 0.481 e. The quantitative estimate of drug-likeness (QED) is 0.697. The van der Waals surface area contributed by atoms with Crippen molar-refractivity contribution in [2.75, 3.05) is 13.1 Å². The number of hydrogen-bond acceptors (Lipinski definition) is 4. The molecular weight excluding hydrogens is 378 g/mol. The van der Waals surface area contributed by atoms with E-state index in [1.807, 2.05) is 4.90 Å². The average molecular weight is 398 g/mol. The monoisotopic (exact) mass is 398 g/mol. The van der Waals surface area contributed by atoms with Gasteiger partial charge in [-0.3, -0.25) is 9.69 Å². The van der Waals surface area contributed by atoms with Crippen LogP contribution in [0.1, 0.15) is 22.9 Å². The summed E-state index contributed by atoms with van der Waals surface area (Å²) in [5.41, 5.74) is 1.73. The van der Waals surface area contributed by atoms with Crippen molar-refractivity contribution in [2.24, 2.45) is 5.92 Å². The van der Waals surface area contributed by atoms with E-state index in [0.29, 0.717) is 31.1 Å². The number of aliphatic carboxylic acids is 1. The van der Waals surface area contributed by atoms with Gasteiger partial charge in [-0.25, -0.2) is 13.8 Å². The van der Waals surface area contributed by atoms with Crippen molar-refractivity contribution in [3.05, 3.63) is 77.2 Å². The first kappa shape index (κ1) is 19.3. The highest BCUT2D eigenvalue weighted by atomic mass is 19.1. The summed E-state index contributed by atoms with van der Waals surface area (Å²) in [6, 6.07) is 12.2. The molecule has 1 saturated heterocycles. The van der Waals surface area contributed by atoms with Crippen LogP contribution in [0.4, 0.5) is 8.78 Å². The van der Waals surface area contributed by atoms with Crippen molar-refractivity contribution in [1.29, 1.82) is 0 Å². The molecule has 1 fully saturated rings. The van der Waals surface area contributed by atoms with Crippen LogP contribution in [-0.2, 0) is 11.3 Å². The summed E-state index contributed by atoms with van der Waals surface area (Å²) >= 11 is 0. The molecule has 0 saturated carbocycles. The minimum absolute atomic E-state index is 0.208. The van der Waals surface area contributed by atoms with Crippen molar-refractivity contribution in [2.45, 2.75) is 19.4 Å². The molecule has 0 bridgehead atoms. The predicted octanol–water partition coefficient (Wildman–Crippen LogP) is 4.23. The third kappa shape index (κ3) is 3.91. The molecule has 29 heavy (non-hydrogen) atoms. The molecule has 1 aromatic heterocycles. The van der Waals surface area contributed by atoms with Gasteiger partial charge in [-0.1, -0.05) is 24.3 Å². The zero-order chi connectivity index (χ0) is 20.5. The van der Waals surface area contributed by atoms with Gasteiger partial charge >= 0.3 is 5.97 Å². The lowest BCUT2D eigenvalue weighted by Gasteiger charge is -2.15. The molecule has 0 amide bonds. The number of benzene rings is 2.